The molecule has 0 atom stereocenters. The van der Waals surface area contributed by atoms with Crippen LogP contribution in [0.5, 0.6) is 0 Å². The minimum absolute atomic E-state index is 0.102. The van der Waals surface area contributed by atoms with Crippen molar-refractivity contribution in [1.29, 1.82) is 0 Å². The molecule has 1 fully saturated rings. The van der Waals surface area contributed by atoms with Gasteiger partial charge in [0.2, 0.25) is 5.91 Å². The molecule has 1 aromatic rings. The van der Waals surface area contributed by atoms with Crippen molar-refractivity contribution in [3.05, 3.63) is 29.3 Å². The second kappa shape index (κ2) is 4.63. The number of amides is 3. The minimum Gasteiger partial charge on any atom is -0.399 e. The number of nitrogens with zero attached hydrogens (tertiary/aromatic N) is 1. The first-order valence-corrected chi connectivity index (χ1v) is 6.61. The number of hydrogen-bond acceptors (Lipinski definition) is 4. The van der Waals surface area contributed by atoms with Gasteiger partial charge in [0, 0.05) is 24.7 Å². The lowest BCUT2D eigenvalue weighted by Gasteiger charge is -2.13. The van der Waals surface area contributed by atoms with Gasteiger partial charge in [-0.1, -0.05) is 0 Å². The van der Waals surface area contributed by atoms with Crippen LogP contribution in [-0.4, -0.2) is 35.2 Å². The number of carbonyl (C=O) groups is 3. The standard InChI is InChI=1S/C14H15N3O3/c15-8-1-4-10-11(7-8)14(20)17(13(10)19)6-5-12(18)16-9-2-3-9/h1,4,7,9H,2-3,5-6,15H2,(H,16,18). The van der Waals surface area contributed by atoms with E-state index in [4.69, 9.17) is 5.73 Å². The molecule has 0 saturated heterocycles. The summed E-state index contributed by atoms with van der Waals surface area (Å²) in [6.07, 6.45) is 2.16. The average molecular weight is 273 g/mol. The summed E-state index contributed by atoms with van der Waals surface area (Å²) in [5.41, 5.74) is 6.74. The topological polar surface area (TPSA) is 92.5 Å². The zero-order valence-corrected chi connectivity index (χ0v) is 10.9. The van der Waals surface area contributed by atoms with Crippen molar-refractivity contribution in [3.63, 3.8) is 0 Å². The number of fused-ring (bicyclic) bond motifs is 1. The smallest absolute Gasteiger partial charge is 0.261 e. The summed E-state index contributed by atoms with van der Waals surface area (Å²) in [6, 6.07) is 4.92. The molecule has 6 nitrogen and oxygen atoms in total. The predicted octanol–water partition coefficient (Wildman–Crippen LogP) is 0.533. The summed E-state index contributed by atoms with van der Waals surface area (Å²) >= 11 is 0. The summed E-state index contributed by atoms with van der Waals surface area (Å²) in [7, 11) is 0. The number of rotatable bonds is 4. The number of carbonyl (C=O) groups excluding carboxylic acids is 3. The lowest BCUT2D eigenvalue weighted by Crippen LogP contribution is -2.35. The van der Waals surface area contributed by atoms with E-state index in [1.54, 1.807) is 12.1 Å². The van der Waals surface area contributed by atoms with Crippen LogP contribution < -0.4 is 11.1 Å². The summed E-state index contributed by atoms with van der Waals surface area (Å²) < 4.78 is 0. The Morgan fingerprint density at radius 1 is 1.25 bits per heavy atom. The molecule has 3 rings (SSSR count). The monoisotopic (exact) mass is 273 g/mol. The molecule has 0 bridgehead atoms. The van der Waals surface area contributed by atoms with Gasteiger partial charge in [-0.15, -0.1) is 0 Å². The van der Waals surface area contributed by atoms with Gasteiger partial charge in [0.25, 0.3) is 11.8 Å². The number of imide groups is 1. The van der Waals surface area contributed by atoms with Gasteiger partial charge >= 0.3 is 0 Å². The number of benzene rings is 1. The fraction of sp³-hybridized carbons (Fsp3) is 0.357. The van der Waals surface area contributed by atoms with Crippen molar-refractivity contribution < 1.29 is 14.4 Å². The second-order valence-corrected chi connectivity index (χ2v) is 5.16. The molecule has 3 amide bonds. The maximum Gasteiger partial charge on any atom is 0.261 e. The van der Waals surface area contributed by atoms with Gasteiger partial charge in [-0.3, -0.25) is 19.3 Å². The lowest BCUT2D eigenvalue weighted by atomic mass is 10.1. The van der Waals surface area contributed by atoms with E-state index in [9.17, 15) is 14.4 Å². The Morgan fingerprint density at radius 3 is 2.65 bits per heavy atom. The maximum absolute atomic E-state index is 12.1. The Kier molecular flexibility index (Phi) is 2.93. The van der Waals surface area contributed by atoms with E-state index in [1.165, 1.54) is 6.07 Å². The van der Waals surface area contributed by atoms with Crippen LogP contribution in [0.2, 0.25) is 0 Å². The van der Waals surface area contributed by atoms with E-state index in [0.29, 0.717) is 16.8 Å². The van der Waals surface area contributed by atoms with Crippen molar-refractivity contribution in [2.45, 2.75) is 25.3 Å². The fourth-order valence-corrected chi connectivity index (χ4v) is 2.25. The highest BCUT2D eigenvalue weighted by Crippen LogP contribution is 2.25. The van der Waals surface area contributed by atoms with Gasteiger partial charge in [0.05, 0.1) is 11.1 Å². The third-order valence-corrected chi connectivity index (χ3v) is 3.50. The van der Waals surface area contributed by atoms with Gasteiger partial charge in [0.1, 0.15) is 0 Å². The first-order chi connectivity index (χ1) is 9.56. The van der Waals surface area contributed by atoms with E-state index in [1.807, 2.05) is 0 Å². The molecular formula is C14H15N3O3. The minimum atomic E-state index is -0.378. The highest BCUT2D eigenvalue weighted by molar-refractivity contribution is 6.21. The molecule has 0 spiro atoms. The van der Waals surface area contributed by atoms with Crippen LogP contribution in [0, 0.1) is 0 Å². The molecule has 2 aliphatic rings. The van der Waals surface area contributed by atoms with Crippen molar-refractivity contribution in [2.24, 2.45) is 0 Å². The molecule has 104 valence electrons. The fourth-order valence-electron chi connectivity index (χ4n) is 2.25. The van der Waals surface area contributed by atoms with E-state index in [0.717, 1.165) is 17.7 Å². The highest BCUT2D eigenvalue weighted by Gasteiger charge is 2.35. The SMILES string of the molecule is Nc1ccc2c(c1)C(=O)N(CCC(=O)NC1CC1)C2=O. The van der Waals surface area contributed by atoms with Crippen molar-refractivity contribution in [3.8, 4) is 0 Å². The maximum atomic E-state index is 12.1. The largest absolute Gasteiger partial charge is 0.399 e. The van der Waals surface area contributed by atoms with Crippen LogP contribution in [-0.2, 0) is 4.79 Å². The van der Waals surface area contributed by atoms with E-state index >= 15 is 0 Å². The van der Waals surface area contributed by atoms with Gasteiger partial charge in [-0.2, -0.15) is 0 Å². The molecular weight excluding hydrogens is 258 g/mol. The molecule has 1 aromatic carbocycles. The van der Waals surface area contributed by atoms with Gasteiger partial charge in [-0.25, -0.2) is 0 Å². The van der Waals surface area contributed by atoms with E-state index < -0.39 is 0 Å². The number of nitrogens with two attached hydrogens (primary N) is 1. The Labute approximate surface area is 115 Å². The first-order valence-electron chi connectivity index (χ1n) is 6.61. The third kappa shape index (κ3) is 2.24. The quantitative estimate of drug-likeness (QED) is 0.618. The molecule has 3 N–H and O–H groups in total. The van der Waals surface area contributed by atoms with Crippen LogP contribution in [0.3, 0.4) is 0 Å². The number of nitrogens with one attached hydrogen (secondary N) is 1. The summed E-state index contributed by atoms with van der Waals surface area (Å²) in [5, 5.41) is 2.83. The molecule has 20 heavy (non-hydrogen) atoms. The van der Waals surface area contributed by atoms with Crippen molar-refractivity contribution in [1.82, 2.24) is 10.2 Å². The van der Waals surface area contributed by atoms with E-state index in [-0.39, 0.29) is 36.7 Å². The molecule has 0 aromatic heterocycles. The third-order valence-electron chi connectivity index (χ3n) is 3.50. The van der Waals surface area contributed by atoms with Crippen LogP contribution >= 0.6 is 0 Å². The Bertz CT molecular complexity index is 608. The predicted molar refractivity (Wildman–Crippen MR) is 72.0 cm³/mol. The van der Waals surface area contributed by atoms with Crippen LogP contribution in [0.25, 0.3) is 0 Å². The zero-order valence-electron chi connectivity index (χ0n) is 10.9. The molecule has 1 aliphatic heterocycles. The molecule has 1 aliphatic carbocycles. The van der Waals surface area contributed by atoms with Crippen LogP contribution in [0.4, 0.5) is 5.69 Å². The lowest BCUT2D eigenvalue weighted by molar-refractivity contribution is -0.121. The first kappa shape index (κ1) is 12.7. The Balaban J connectivity index is 1.68. The van der Waals surface area contributed by atoms with Gasteiger partial charge < -0.3 is 11.1 Å². The Morgan fingerprint density at radius 2 is 1.95 bits per heavy atom. The van der Waals surface area contributed by atoms with Crippen molar-refractivity contribution in [2.75, 3.05) is 12.3 Å². The average Bonchev–Trinajstić information content (AvgIpc) is 3.18. The normalized spacial score (nSPS) is 17.3. The number of anilines is 1. The Hall–Kier alpha value is -2.37. The van der Waals surface area contributed by atoms with Crippen LogP contribution in [0.15, 0.2) is 18.2 Å². The number of nitrogen functional groups attached to an aromatic ring is 1. The van der Waals surface area contributed by atoms with Crippen LogP contribution in [0.1, 0.15) is 40.0 Å². The highest BCUT2D eigenvalue weighted by atomic mass is 16.2. The van der Waals surface area contributed by atoms with Gasteiger partial charge in [-0.05, 0) is 31.0 Å². The second-order valence-electron chi connectivity index (χ2n) is 5.16. The summed E-state index contributed by atoms with van der Waals surface area (Å²) in [4.78, 5) is 36.9. The molecule has 1 heterocycles. The van der Waals surface area contributed by atoms with Crippen molar-refractivity contribution >= 4 is 23.4 Å². The summed E-state index contributed by atoms with van der Waals surface area (Å²) in [5.74, 6) is -0.857. The molecule has 1 saturated carbocycles. The molecule has 0 radical (unpaired) electrons. The zero-order chi connectivity index (χ0) is 14.3. The molecule has 0 unspecified atom stereocenters. The van der Waals surface area contributed by atoms with E-state index in [2.05, 4.69) is 5.32 Å². The van der Waals surface area contributed by atoms with Gasteiger partial charge in [0.15, 0.2) is 0 Å². The number of hydrogen-bond donors (Lipinski definition) is 2. The summed E-state index contributed by atoms with van der Waals surface area (Å²) in [6.45, 7) is 0.102. The molecule has 6 heteroatoms.